The van der Waals surface area contributed by atoms with Gasteiger partial charge in [0, 0.05) is 0 Å². The lowest BCUT2D eigenvalue weighted by Gasteiger charge is -2.01. The lowest BCUT2D eigenvalue weighted by Crippen LogP contribution is -1.86. The molecule has 0 N–H and O–H groups in total. The first-order valence-electron chi connectivity index (χ1n) is 3.72. The predicted molar refractivity (Wildman–Crippen MR) is 44.1 cm³/mol. The minimum Gasteiger partial charge on any atom is -0.0613 e. The van der Waals surface area contributed by atoms with E-state index in [1.54, 1.807) is 0 Å². The first-order chi connectivity index (χ1) is 4.74. The number of hydrogen-bond acceptors (Lipinski definition) is 0. The van der Waals surface area contributed by atoms with E-state index < -0.39 is 0 Å². The van der Waals surface area contributed by atoms with Crippen LogP contribution in [0.1, 0.15) is 23.6 Å². The summed E-state index contributed by atoms with van der Waals surface area (Å²) in [6, 6.07) is 7.44. The fourth-order valence-electron chi connectivity index (χ4n) is 1.11. The molecule has 0 bridgehead atoms. The molecule has 10 heavy (non-hydrogen) atoms. The van der Waals surface area contributed by atoms with Crippen LogP contribution in [0.4, 0.5) is 0 Å². The van der Waals surface area contributed by atoms with E-state index >= 15 is 0 Å². The summed E-state index contributed by atoms with van der Waals surface area (Å²) in [7, 11) is 0. The Balaban J connectivity index is 3.09. The van der Waals surface area contributed by atoms with Crippen molar-refractivity contribution >= 4 is 0 Å². The van der Waals surface area contributed by atoms with Crippen molar-refractivity contribution in [3.8, 4) is 0 Å². The highest BCUT2D eigenvalue weighted by Gasteiger charge is 1.93. The molecule has 0 spiro atoms. The van der Waals surface area contributed by atoms with Crippen molar-refractivity contribution in [3.05, 3.63) is 34.9 Å². The largest absolute Gasteiger partial charge is 0.0613 e. The molecule has 0 nitrogen and oxygen atoms in total. The monoisotopic (exact) mass is 133 g/mol. The lowest BCUT2D eigenvalue weighted by molar-refractivity contribution is 1.10. The van der Waals surface area contributed by atoms with E-state index in [1.165, 1.54) is 16.7 Å². The van der Waals surface area contributed by atoms with Crippen molar-refractivity contribution in [2.75, 3.05) is 0 Å². The highest BCUT2D eigenvalue weighted by Crippen LogP contribution is 2.09. The zero-order valence-electron chi connectivity index (χ0n) is 6.86. The first-order valence-corrected chi connectivity index (χ1v) is 3.72. The third-order valence-corrected chi connectivity index (χ3v) is 1.79. The van der Waals surface area contributed by atoms with Gasteiger partial charge < -0.3 is 0 Å². The SMILES string of the molecule is CCc1cc(C)[c]cc1C. The van der Waals surface area contributed by atoms with Crippen LogP contribution in [0.25, 0.3) is 0 Å². The number of aryl methyl sites for hydroxylation is 3. The molecule has 1 radical (unpaired) electrons. The molecule has 0 aliphatic rings. The maximum absolute atomic E-state index is 3.17. The molecule has 0 atom stereocenters. The molecule has 0 heterocycles. The van der Waals surface area contributed by atoms with Crippen LogP contribution in [0.5, 0.6) is 0 Å². The number of rotatable bonds is 1. The van der Waals surface area contributed by atoms with Gasteiger partial charge in [-0.3, -0.25) is 0 Å². The Hall–Kier alpha value is -0.780. The van der Waals surface area contributed by atoms with E-state index in [-0.39, 0.29) is 0 Å². The van der Waals surface area contributed by atoms with E-state index in [0.29, 0.717) is 0 Å². The fourth-order valence-corrected chi connectivity index (χ4v) is 1.11. The summed E-state index contributed by atoms with van der Waals surface area (Å²) in [6.07, 6.45) is 1.13. The topological polar surface area (TPSA) is 0 Å². The molecule has 1 aromatic carbocycles. The minimum atomic E-state index is 1.13. The Labute approximate surface area is 62.9 Å². The van der Waals surface area contributed by atoms with E-state index in [4.69, 9.17) is 0 Å². The molecule has 0 amide bonds. The van der Waals surface area contributed by atoms with Crippen LogP contribution in [0.2, 0.25) is 0 Å². The van der Waals surface area contributed by atoms with Crippen LogP contribution in [0.3, 0.4) is 0 Å². The number of benzene rings is 1. The van der Waals surface area contributed by atoms with Gasteiger partial charge in [-0.25, -0.2) is 0 Å². The van der Waals surface area contributed by atoms with Crippen LogP contribution in [0.15, 0.2) is 12.1 Å². The standard InChI is InChI=1S/C10H13/c1-4-10-7-8(2)5-6-9(10)3/h6-7H,4H2,1-3H3. The van der Waals surface area contributed by atoms with Crippen molar-refractivity contribution in [2.45, 2.75) is 27.2 Å². The van der Waals surface area contributed by atoms with Gasteiger partial charge in [0.15, 0.2) is 0 Å². The lowest BCUT2D eigenvalue weighted by atomic mass is 10.0. The second-order valence-electron chi connectivity index (χ2n) is 2.68. The number of hydrogen-bond donors (Lipinski definition) is 0. The van der Waals surface area contributed by atoms with E-state index in [0.717, 1.165) is 6.42 Å². The molecule has 0 unspecified atom stereocenters. The second kappa shape index (κ2) is 2.87. The summed E-state index contributed by atoms with van der Waals surface area (Å²) in [6.45, 7) is 6.40. The third-order valence-electron chi connectivity index (χ3n) is 1.79. The van der Waals surface area contributed by atoms with E-state index in [1.807, 2.05) is 0 Å². The molecule has 0 saturated heterocycles. The molecule has 1 rings (SSSR count). The smallest absolute Gasteiger partial charge is 0.0149 e. The van der Waals surface area contributed by atoms with Crippen LogP contribution < -0.4 is 0 Å². The molecule has 1 aromatic rings. The second-order valence-corrected chi connectivity index (χ2v) is 2.68. The van der Waals surface area contributed by atoms with Gasteiger partial charge >= 0.3 is 0 Å². The first kappa shape index (κ1) is 7.33. The predicted octanol–water partition coefficient (Wildman–Crippen LogP) is 2.67. The molecule has 0 aliphatic carbocycles. The highest BCUT2D eigenvalue weighted by molar-refractivity contribution is 5.29. The molecule has 0 heteroatoms. The fraction of sp³-hybridized carbons (Fsp3) is 0.400. The maximum Gasteiger partial charge on any atom is -0.0149 e. The van der Waals surface area contributed by atoms with Crippen molar-refractivity contribution in [1.29, 1.82) is 0 Å². The Morgan fingerprint density at radius 1 is 1.40 bits per heavy atom. The zero-order valence-corrected chi connectivity index (χ0v) is 6.86. The minimum absolute atomic E-state index is 1.13. The van der Waals surface area contributed by atoms with Crippen LogP contribution in [-0.2, 0) is 6.42 Å². The Morgan fingerprint density at radius 3 is 2.60 bits per heavy atom. The average Bonchev–Trinajstić information content (AvgIpc) is 1.94. The van der Waals surface area contributed by atoms with Crippen LogP contribution >= 0.6 is 0 Å². The summed E-state index contributed by atoms with van der Waals surface area (Å²) in [5.74, 6) is 0. The molecule has 53 valence electrons. The molecular weight excluding hydrogens is 120 g/mol. The van der Waals surface area contributed by atoms with E-state index in [2.05, 4.69) is 39.0 Å². The van der Waals surface area contributed by atoms with Gasteiger partial charge in [0.25, 0.3) is 0 Å². The van der Waals surface area contributed by atoms with Crippen LogP contribution in [-0.4, -0.2) is 0 Å². The molecular formula is C10H13. The van der Waals surface area contributed by atoms with Crippen molar-refractivity contribution < 1.29 is 0 Å². The molecule has 0 fully saturated rings. The summed E-state index contributed by atoms with van der Waals surface area (Å²) >= 11 is 0. The zero-order chi connectivity index (χ0) is 7.56. The van der Waals surface area contributed by atoms with Gasteiger partial charge in [-0.05, 0) is 43.0 Å². The van der Waals surface area contributed by atoms with E-state index in [9.17, 15) is 0 Å². The van der Waals surface area contributed by atoms with Gasteiger partial charge in [-0.15, -0.1) is 0 Å². The van der Waals surface area contributed by atoms with Gasteiger partial charge in [0.2, 0.25) is 0 Å². The van der Waals surface area contributed by atoms with Gasteiger partial charge in [0.1, 0.15) is 0 Å². The Morgan fingerprint density at radius 2 is 2.10 bits per heavy atom. The average molecular weight is 133 g/mol. The third kappa shape index (κ3) is 1.38. The Bertz CT molecular complexity index is 223. The molecule has 0 saturated carbocycles. The maximum atomic E-state index is 3.17. The van der Waals surface area contributed by atoms with Crippen molar-refractivity contribution in [2.24, 2.45) is 0 Å². The normalized spacial score (nSPS) is 9.90. The quantitative estimate of drug-likeness (QED) is 0.552. The van der Waals surface area contributed by atoms with Crippen LogP contribution in [0, 0.1) is 19.9 Å². The van der Waals surface area contributed by atoms with Gasteiger partial charge in [0.05, 0.1) is 0 Å². The summed E-state index contributed by atoms with van der Waals surface area (Å²) < 4.78 is 0. The van der Waals surface area contributed by atoms with Gasteiger partial charge in [-0.2, -0.15) is 0 Å². The Kier molecular flexibility index (Phi) is 2.10. The highest BCUT2D eigenvalue weighted by atomic mass is 14.0. The summed E-state index contributed by atoms with van der Waals surface area (Å²) in [5.41, 5.74) is 4.03. The van der Waals surface area contributed by atoms with Crippen molar-refractivity contribution in [1.82, 2.24) is 0 Å². The van der Waals surface area contributed by atoms with Crippen molar-refractivity contribution in [3.63, 3.8) is 0 Å². The van der Waals surface area contributed by atoms with Gasteiger partial charge in [-0.1, -0.05) is 19.1 Å². The summed E-state index contributed by atoms with van der Waals surface area (Å²) in [4.78, 5) is 0. The summed E-state index contributed by atoms with van der Waals surface area (Å²) in [5, 5.41) is 0. The molecule has 0 aliphatic heterocycles. The molecule has 0 aromatic heterocycles.